The molecule has 3 atom stereocenters. The number of methoxy groups -OCH3 is 1. The number of nitrogens with zero attached hydrogens (tertiary/aromatic N) is 3. The van der Waals surface area contributed by atoms with E-state index in [0.29, 0.717) is 30.9 Å². The predicted molar refractivity (Wildman–Crippen MR) is 235 cm³/mol. The summed E-state index contributed by atoms with van der Waals surface area (Å²) in [7, 11) is 1.27. The van der Waals surface area contributed by atoms with E-state index in [2.05, 4.69) is 27.8 Å². The first-order valence-corrected chi connectivity index (χ1v) is 20.8. The third-order valence-electron chi connectivity index (χ3n) is 10.8. The summed E-state index contributed by atoms with van der Waals surface area (Å²) in [6.07, 6.45) is 1.80. The van der Waals surface area contributed by atoms with Gasteiger partial charge in [-0.3, -0.25) is 19.3 Å². The molecule has 0 bridgehead atoms. The minimum absolute atomic E-state index is 0.0373. The van der Waals surface area contributed by atoms with Crippen LogP contribution in [0.1, 0.15) is 82.0 Å². The number of amides is 4. The molecular formula is C48H56N6O7. The minimum Gasteiger partial charge on any atom is -0.453 e. The number of hydrogen-bond acceptors (Lipinski definition) is 8. The Bertz CT molecular complexity index is 2350. The topological polar surface area (TPSA) is 163 Å². The van der Waals surface area contributed by atoms with E-state index in [0.717, 1.165) is 45.1 Å². The van der Waals surface area contributed by atoms with Gasteiger partial charge >= 0.3 is 12.2 Å². The largest absolute Gasteiger partial charge is 0.453 e. The molecule has 61 heavy (non-hydrogen) atoms. The summed E-state index contributed by atoms with van der Waals surface area (Å²) in [6, 6.07) is 27.9. The number of alkyl carbamates (subject to hydrolysis) is 1. The molecule has 5 aromatic rings. The molecule has 6 rings (SSSR count). The zero-order valence-corrected chi connectivity index (χ0v) is 36.0. The number of aromatic nitrogens is 2. The number of ether oxygens (including phenoxy) is 2. The van der Waals surface area contributed by atoms with Crippen LogP contribution in [0, 0.1) is 5.92 Å². The van der Waals surface area contributed by atoms with Gasteiger partial charge in [0.15, 0.2) is 5.78 Å². The Hall–Kier alpha value is -6.50. The molecule has 13 nitrogen and oxygen atoms in total. The highest BCUT2D eigenvalue weighted by atomic mass is 16.6. The van der Waals surface area contributed by atoms with Gasteiger partial charge in [0.25, 0.3) is 0 Å². The van der Waals surface area contributed by atoms with Crippen LogP contribution in [0.4, 0.5) is 9.59 Å². The normalized spacial score (nSPS) is 15.6. The van der Waals surface area contributed by atoms with Crippen LogP contribution in [0.5, 0.6) is 0 Å². The van der Waals surface area contributed by atoms with Gasteiger partial charge in [-0.1, -0.05) is 99.6 Å². The summed E-state index contributed by atoms with van der Waals surface area (Å²) in [5, 5.41) is 7.50. The fourth-order valence-corrected chi connectivity index (χ4v) is 7.60. The van der Waals surface area contributed by atoms with Crippen LogP contribution in [-0.4, -0.2) is 94.0 Å². The van der Waals surface area contributed by atoms with E-state index in [1.54, 1.807) is 37.8 Å². The third-order valence-corrected chi connectivity index (χ3v) is 10.8. The zero-order chi connectivity index (χ0) is 43.8. The van der Waals surface area contributed by atoms with Crippen LogP contribution in [0.25, 0.3) is 33.2 Å². The van der Waals surface area contributed by atoms with E-state index in [1.165, 1.54) is 12.0 Å². The van der Waals surface area contributed by atoms with E-state index >= 15 is 0 Å². The van der Waals surface area contributed by atoms with Gasteiger partial charge in [-0.15, -0.1) is 0 Å². The molecule has 1 aliphatic heterocycles. The van der Waals surface area contributed by atoms with Crippen molar-refractivity contribution < 1.29 is 33.4 Å². The lowest BCUT2D eigenvalue weighted by Crippen LogP contribution is -2.51. The lowest BCUT2D eigenvalue weighted by molar-refractivity contribution is -0.135. The van der Waals surface area contributed by atoms with Crippen LogP contribution in [0.3, 0.4) is 0 Å². The molecule has 13 heteroatoms. The molecule has 320 valence electrons. The number of rotatable bonds is 14. The Balaban J connectivity index is 1.08. The maximum Gasteiger partial charge on any atom is 0.410 e. The average Bonchev–Trinajstić information content (AvgIpc) is 3.92. The summed E-state index contributed by atoms with van der Waals surface area (Å²) >= 11 is 0. The van der Waals surface area contributed by atoms with E-state index in [9.17, 15) is 24.0 Å². The number of hydrogen-bond donors (Lipinski definition) is 3. The summed E-state index contributed by atoms with van der Waals surface area (Å²) in [4.78, 5) is 76.6. The Morgan fingerprint density at radius 1 is 0.902 bits per heavy atom. The lowest BCUT2D eigenvalue weighted by Gasteiger charge is -2.28. The van der Waals surface area contributed by atoms with Gasteiger partial charge in [-0.25, -0.2) is 14.6 Å². The van der Waals surface area contributed by atoms with E-state index < -0.39 is 35.8 Å². The van der Waals surface area contributed by atoms with Crippen LogP contribution in [0.15, 0.2) is 97.2 Å². The number of fused-ring (bicyclic) bond motifs is 1. The van der Waals surface area contributed by atoms with Crippen molar-refractivity contribution in [3.63, 3.8) is 0 Å². The van der Waals surface area contributed by atoms with Gasteiger partial charge in [-0.05, 0) is 79.1 Å². The second-order valence-corrected chi connectivity index (χ2v) is 16.8. The van der Waals surface area contributed by atoms with Gasteiger partial charge in [0.2, 0.25) is 11.8 Å². The fourth-order valence-electron chi connectivity index (χ4n) is 7.60. The molecule has 4 amide bonds. The summed E-state index contributed by atoms with van der Waals surface area (Å²) in [5.74, 6) is -0.368. The fraction of sp³-hybridized carbons (Fsp3) is 0.375. The van der Waals surface area contributed by atoms with Gasteiger partial charge in [0, 0.05) is 36.3 Å². The predicted octanol–water partition coefficient (Wildman–Crippen LogP) is 8.11. The summed E-state index contributed by atoms with van der Waals surface area (Å²) in [6.45, 7) is 12.0. The van der Waals surface area contributed by atoms with Gasteiger partial charge in [0.05, 0.1) is 25.9 Å². The standard InChI is InChI=1S/C48H56N6O7/c1-8-22-53(45(57)43(30(2)3)52-46(58)60-7)29-42-49-26-39(51-42)37-21-20-35-23-34(18-19-36(35)24-37)32-14-16-33(17-15-32)41(55)27-50-44(56)40-25-38(31-12-10-9-11-13-31)28-54(40)47(59)61-48(4,5)6/h9-21,23-24,26,30,38,40,43H,8,22,25,27-29H2,1-7H3,(H,49,51)(H,50,56)(H,52,58)/t38-,40+,43+/m1/s1. The monoisotopic (exact) mass is 828 g/mol. The van der Waals surface area contributed by atoms with Crippen LogP contribution in [0.2, 0.25) is 0 Å². The molecule has 0 saturated carbocycles. The van der Waals surface area contributed by atoms with Gasteiger partial charge in [-0.2, -0.15) is 0 Å². The van der Waals surface area contributed by atoms with Crippen molar-refractivity contribution in [2.45, 2.75) is 84.5 Å². The molecule has 1 fully saturated rings. The first-order valence-electron chi connectivity index (χ1n) is 20.8. The van der Waals surface area contributed by atoms with E-state index in [1.807, 2.05) is 93.7 Å². The molecule has 0 spiro atoms. The molecule has 0 unspecified atom stereocenters. The number of nitrogens with one attached hydrogen (secondary N) is 3. The molecule has 0 radical (unpaired) electrons. The summed E-state index contributed by atoms with van der Waals surface area (Å²) < 4.78 is 10.4. The van der Waals surface area contributed by atoms with E-state index in [4.69, 9.17) is 14.5 Å². The smallest absolute Gasteiger partial charge is 0.410 e. The maximum absolute atomic E-state index is 13.5. The number of Topliss-reactive ketones (excluding diaryl/α,β-unsaturated/α-hetero) is 1. The lowest BCUT2D eigenvalue weighted by atomic mass is 9.96. The Morgan fingerprint density at radius 2 is 1.56 bits per heavy atom. The van der Waals surface area contributed by atoms with Crippen molar-refractivity contribution in [2.75, 3.05) is 26.7 Å². The molecular weight excluding hydrogens is 773 g/mol. The third kappa shape index (κ3) is 11.0. The second-order valence-electron chi connectivity index (χ2n) is 16.8. The Morgan fingerprint density at radius 3 is 2.20 bits per heavy atom. The van der Waals surface area contributed by atoms with E-state index in [-0.39, 0.29) is 36.6 Å². The number of carbonyl (C=O) groups excluding carboxylic acids is 5. The Labute approximate surface area is 357 Å². The van der Waals surface area contributed by atoms with Crippen molar-refractivity contribution in [1.82, 2.24) is 30.4 Å². The van der Waals surface area contributed by atoms with Gasteiger partial charge < -0.3 is 30.0 Å². The quantitative estimate of drug-likeness (QED) is 0.0946. The number of H-pyrrole nitrogens is 1. The first kappa shape index (κ1) is 44.1. The highest BCUT2D eigenvalue weighted by molar-refractivity contribution is 6.00. The molecule has 0 aliphatic carbocycles. The molecule has 4 aromatic carbocycles. The number of ketones is 1. The molecule has 2 heterocycles. The number of likely N-dealkylation sites (tertiary alicyclic amines) is 1. The minimum atomic E-state index is -0.767. The number of benzene rings is 4. The van der Waals surface area contributed by atoms with Crippen molar-refractivity contribution >= 4 is 40.6 Å². The van der Waals surface area contributed by atoms with Crippen molar-refractivity contribution in [3.05, 3.63) is 114 Å². The number of carbonyl (C=O) groups is 5. The second kappa shape index (κ2) is 19.3. The van der Waals surface area contributed by atoms with Crippen molar-refractivity contribution in [1.29, 1.82) is 0 Å². The average molecular weight is 829 g/mol. The first-order chi connectivity index (χ1) is 29.1. The highest BCUT2D eigenvalue weighted by Crippen LogP contribution is 2.33. The van der Waals surface area contributed by atoms with Crippen LogP contribution < -0.4 is 10.6 Å². The number of imidazole rings is 1. The SMILES string of the molecule is CCCN(Cc1nc(-c2ccc3cc(-c4ccc(C(=O)CNC(=O)[C@@H]5C[C@@H](c6ccccc6)CN5C(=O)OC(C)(C)C)cc4)ccc3c2)c[nH]1)C(=O)[C@@H](NC(=O)OC)C(C)C. The molecule has 3 N–H and O–H groups in total. The zero-order valence-electron chi connectivity index (χ0n) is 36.0. The molecule has 1 saturated heterocycles. The number of aromatic amines is 1. The molecule has 1 aromatic heterocycles. The molecule has 1 aliphatic rings. The van der Waals surface area contributed by atoms with Crippen molar-refractivity contribution in [3.8, 4) is 22.4 Å². The maximum atomic E-state index is 13.5. The summed E-state index contributed by atoms with van der Waals surface area (Å²) in [5.41, 5.74) is 4.36. The van der Waals surface area contributed by atoms with Crippen LogP contribution in [-0.2, 0) is 25.6 Å². The highest BCUT2D eigenvalue weighted by Gasteiger charge is 2.42. The van der Waals surface area contributed by atoms with Gasteiger partial charge in [0.1, 0.15) is 23.5 Å². The van der Waals surface area contributed by atoms with Crippen LogP contribution >= 0.6 is 0 Å². The Kier molecular flexibility index (Phi) is 13.9. The van der Waals surface area contributed by atoms with Crippen molar-refractivity contribution in [2.24, 2.45) is 5.92 Å².